The lowest BCUT2D eigenvalue weighted by molar-refractivity contribution is 0.102. The van der Waals surface area contributed by atoms with Crippen molar-refractivity contribution in [2.45, 2.75) is 46.1 Å². The molecule has 0 aliphatic heterocycles. The zero-order chi connectivity index (χ0) is 23.5. The van der Waals surface area contributed by atoms with Gasteiger partial charge >= 0.3 is 0 Å². The predicted molar refractivity (Wildman–Crippen MR) is 126 cm³/mol. The van der Waals surface area contributed by atoms with Gasteiger partial charge in [0.15, 0.2) is 0 Å². The van der Waals surface area contributed by atoms with Gasteiger partial charge in [0.05, 0.1) is 22.7 Å². The zero-order valence-electron chi connectivity index (χ0n) is 19.2. The van der Waals surface area contributed by atoms with Crippen LogP contribution >= 0.6 is 0 Å². The number of anilines is 1. The van der Waals surface area contributed by atoms with Crippen molar-refractivity contribution in [3.8, 4) is 0 Å². The lowest BCUT2D eigenvalue weighted by Gasteiger charge is -2.20. The number of carbonyl (C=O) groups is 1. The van der Waals surface area contributed by atoms with Crippen molar-refractivity contribution in [2.24, 2.45) is 0 Å². The predicted octanol–water partition coefficient (Wildman–Crippen LogP) is 4.14. The SMILES string of the molecule is CCN(CC)S(=O)(=O)c1cc(NC(=O)c2c(C)nn(Cc3ccccc3)c2C)ccc1C. The highest BCUT2D eigenvalue weighted by Gasteiger charge is 2.25. The number of sulfonamides is 1. The Morgan fingerprint density at radius 2 is 1.69 bits per heavy atom. The molecule has 0 saturated heterocycles. The number of nitrogens with one attached hydrogen (secondary N) is 1. The summed E-state index contributed by atoms with van der Waals surface area (Å²) in [5, 5.41) is 7.39. The van der Waals surface area contributed by atoms with Crippen LogP contribution in [0.25, 0.3) is 0 Å². The molecule has 3 rings (SSSR count). The molecule has 32 heavy (non-hydrogen) atoms. The Morgan fingerprint density at radius 3 is 2.31 bits per heavy atom. The van der Waals surface area contributed by atoms with Gasteiger partial charge in [-0.25, -0.2) is 8.42 Å². The smallest absolute Gasteiger partial charge is 0.259 e. The van der Waals surface area contributed by atoms with Gasteiger partial charge in [0.1, 0.15) is 0 Å². The first-order valence-electron chi connectivity index (χ1n) is 10.7. The largest absolute Gasteiger partial charge is 0.322 e. The number of aromatic nitrogens is 2. The lowest BCUT2D eigenvalue weighted by Crippen LogP contribution is -2.31. The standard InChI is InChI=1S/C24H30N4O3S/c1-6-27(7-2)32(30,31)22-15-21(14-13-17(22)3)25-24(29)23-18(4)26-28(19(23)5)16-20-11-9-8-10-12-20/h8-15H,6-7,16H2,1-5H3,(H,25,29). The molecule has 7 nitrogen and oxygen atoms in total. The molecular formula is C24H30N4O3S. The number of benzene rings is 2. The van der Waals surface area contributed by atoms with Crippen LogP contribution in [0.1, 0.15) is 46.7 Å². The van der Waals surface area contributed by atoms with Crippen LogP contribution in [0.3, 0.4) is 0 Å². The van der Waals surface area contributed by atoms with Crippen molar-refractivity contribution in [1.29, 1.82) is 0 Å². The van der Waals surface area contributed by atoms with E-state index in [0.29, 0.717) is 42.1 Å². The Hall–Kier alpha value is -2.97. The first kappa shape index (κ1) is 23.7. The molecule has 1 heterocycles. The number of hydrogen-bond donors (Lipinski definition) is 1. The molecule has 1 N–H and O–H groups in total. The topological polar surface area (TPSA) is 84.3 Å². The van der Waals surface area contributed by atoms with Crippen LogP contribution in [0.2, 0.25) is 0 Å². The molecule has 0 atom stereocenters. The lowest BCUT2D eigenvalue weighted by atomic mass is 10.1. The monoisotopic (exact) mass is 454 g/mol. The molecule has 170 valence electrons. The minimum absolute atomic E-state index is 0.201. The van der Waals surface area contributed by atoms with Gasteiger partial charge in [-0.1, -0.05) is 50.2 Å². The molecule has 0 spiro atoms. The van der Waals surface area contributed by atoms with Crippen molar-refractivity contribution < 1.29 is 13.2 Å². The van der Waals surface area contributed by atoms with Crippen molar-refractivity contribution in [1.82, 2.24) is 14.1 Å². The Kier molecular flexibility index (Phi) is 7.16. The minimum atomic E-state index is -3.64. The van der Waals surface area contributed by atoms with Gasteiger partial charge in [-0.05, 0) is 44.0 Å². The Bertz CT molecular complexity index is 1210. The third-order valence-electron chi connectivity index (χ3n) is 5.55. The zero-order valence-corrected chi connectivity index (χ0v) is 20.0. The second-order valence-electron chi connectivity index (χ2n) is 7.71. The summed E-state index contributed by atoms with van der Waals surface area (Å²) in [6.45, 7) is 10.4. The average molecular weight is 455 g/mol. The van der Waals surface area contributed by atoms with Crippen molar-refractivity contribution >= 4 is 21.6 Å². The van der Waals surface area contributed by atoms with Crippen LogP contribution < -0.4 is 5.32 Å². The van der Waals surface area contributed by atoms with Crippen molar-refractivity contribution in [3.05, 3.63) is 76.6 Å². The van der Waals surface area contributed by atoms with Crippen molar-refractivity contribution in [2.75, 3.05) is 18.4 Å². The van der Waals surface area contributed by atoms with E-state index in [1.807, 2.05) is 41.9 Å². The first-order chi connectivity index (χ1) is 15.2. The molecule has 0 unspecified atom stereocenters. The van der Waals surface area contributed by atoms with Crippen LogP contribution in [-0.2, 0) is 16.6 Å². The normalized spacial score (nSPS) is 11.7. The van der Waals surface area contributed by atoms with E-state index in [0.717, 1.165) is 11.3 Å². The molecule has 0 aliphatic rings. The molecule has 1 amide bonds. The van der Waals surface area contributed by atoms with E-state index in [1.54, 1.807) is 39.8 Å². The van der Waals surface area contributed by atoms with Crippen LogP contribution in [0, 0.1) is 20.8 Å². The Morgan fingerprint density at radius 1 is 1.03 bits per heavy atom. The maximum atomic E-state index is 13.1. The second kappa shape index (κ2) is 9.67. The quantitative estimate of drug-likeness (QED) is 0.554. The second-order valence-corrected chi connectivity index (χ2v) is 9.62. The van der Waals surface area contributed by atoms with Crippen LogP contribution in [0.4, 0.5) is 5.69 Å². The molecule has 1 aromatic heterocycles. The number of carbonyl (C=O) groups excluding carboxylic acids is 1. The van der Waals surface area contributed by atoms with Gasteiger partial charge in [-0.3, -0.25) is 9.48 Å². The summed E-state index contributed by atoms with van der Waals surface area (Å²) in [5.74, 6) is -0.311. The van der Waals surface area contributed by atoms with Crippen LogP contribution in [-0.4, -0.2) is 41.5 Å². The highest BCUT2D eigenvalue weighted by Crippen LogP contribution is 2.25. The highest BCUT2D eigenvalue weighted by molar-refractivity contribution is 7.89. The fourth-order valence-electron chi connectivity index (χ4n) is 3.79. The van der Waals surface area contributed by atoms with Crippen molar-refractivity contribution in [3.63, 3.8) is 0 Å². The summed E-state index contributed by atoms with van der Waals surface area (Å²) < 4.78 is 29.2. The van der Waals surface area contributed by atoms with E-state index in [4.69, 9.17) is 0 Å². The van der Waals surface area contributed by atoms with E-state index in [-0.39, 0.29) is 10.8 Å². The van der Waals surface area contributed by atoms with Gasteiger partial charge in [-0.15, -0.1) is 0 Å². The highest BCUT2D eigenvalue weighted by atomic mass is 32.2. The first-order valence-corrected chi connectivity index (χ1v) is 12.1. The molecule has 0 aliphatic carbocycles. The van der Waals surface area contributed by atoms with E-state index < -0.39 is 10.0 Å². The Labute approximate surface area is 190 Å². The van der Waals surface area contributed by atoms with E-state index in [1.165, 1.54) is 10.4 Å². The summed E-state index contributed by atoms with van der Waals surface area (Å²) >= 11 is 0. The van der Waals surface area contributed by atoms with E-state index in [9.17, 15) is 13.2 Å². The number of aryl methyl sites for hydroxylation is 2. The average Bonchev–Trinajstić information content (AvgIpc) is 3.03. The summed E-state index contributed by atoms with van der Waals surface area (Å²) in [6.07, 6.45) is 0. The summed E-state index contributed by atoms with van der Waals surface area (Å²) in [6, 6.07) is 14.9. The number of amides is 1. The Balaban J connectivity index is 1.88. The van der Waals surface area contributed by atoms with E-state index >= 15 is 0 Å². The fourth-order valence-corrected chi connectivity index (χ4v) is 5.50. The van der Waals surface area contributed by atoms with Crippen LogP contribution in [0.5, 0.6) is 0 Å². The van der Waals surface area contributed by atoms with Gasteiger partial charge in [-0.2, -0.15) is 9.40 Å². The number of nitrogens with zero attached hydrogens (tertiary/aromatic N) is 3. The van der Waals surface area contributed by atoms with Gasteiger partial charge < -0.3 is 5.32 Å². The molecule has 8 heteroatoms. The third-order valence-corrected chi connectivity index (χ3v) is 7.74. The van der Waals surface area contributed by atoms with Gasteiger partial charge in [0, 0.05) is 24.5 Å². The molecule has 2 aromatic carbocycles. The molecule has 0 bridgehead atoms. The molecule has 0 saturated carbocycles. The maximum Gasteiger partial charge on any atom is 0.259 e. The minimum Gasteiger partial charge on any atom is -0.322 e. The van der Waals surface area contributed by atoms with Crippen LogP contribution in [0.15, 0.2) is 53.4 Å². The third kappa shape index (κ3) is 4.76. The summed E-state index contributed by atoms with van der Waals surface area (Å²) in [4.78, 5) is 13.3. The summed E-state index contributed by atoms with van der Waals surface area (Å²) in [7, 11) is -3.64. The van der Waals surface area contributed by atoms with E-state index in [2.05, 4.69) is 10.4 Å². The van der Waals surface area contributed by atoms with Gasteiger partial charge in [0.25, 0.3) is 5.91 Å². The number of rotatable bonds is 8. The molecular weight excluding hydrogens is 424 g/mol. The molecule has 3 aromatic rings. The maximum absolute atomic E-state index is 13.1. The fraction of sp³-hybridized carbons (Fsp3) is 0.333. The number of hydrogen-bond acceptors (Lipinski definition) is 4. The summed E-state index contributed by atoms with van der Waals surface area (Å²) in [5.41, 5.74) is 4.04. The molecule has 0 fully saturated rings. The van der Waals surface area contributed by atoms with Gasteiger partial charge in [0.2, 0.25) is 10.0 Å². The molecule has 0 radical (unpaired) electrons.